The summed E-state index contributed by atoms with van der Waals surface area (Å²) in [5.41, 5.74) is 2.00. The Hall–Kier alpha value is -0.470. The molecule has 1 aromatic carbocycles. The smallest absolute Gasteiger partial charge is 0.0394 e. The average molecular weight is 205 g/mol. The summed E-state index contributed by atoms with van der Waals surface area (Å²) < 4.78 is 0. The van der Waals surface area contributed by atoms with Gasteiger partial charge in [0.2, 0.25) is 0 Å². The van der Waals surface area contributed by atoms with Gasteiger partial charge in [-0.3, -0.25) is 0 Å². The first-order valence-corrected chi connectivity index (χ1v) is 6.23. The molecule has 1 aromatic rings. The molecular weight excluding hydrogens is 190 g/mol. The number of fused-ring (bicyclic) bond motifs is 3. The molecule has 0 amide bonds. The van der Waals surface area contributed by atoms with Crippen LogP contribution in [0.2, 0.25) is 0 Å². The minimum absolute atomic E-state index is 0.485. The van der Waals surface area contributed by atoms with Crippen molar-refractivity contribution in [3.05, 3.63) is 29.8 Å². The lowest BCUT2D eigenvalue weighted by atomic mass is 9.80. The summed E-state index contributed by atoms with van der Waals surface area (Å²) in [6.45, 7) is 3.59. The van der Waals surface area contributed by atoms with Gasteiger partial charge in [-0.05, 0) is 30.0 Å². The van der Waals surface area contributed by atoms with Crippen LogP contribution in [0.5, 0.6) is 0 Å². The van der Waals surface area contributed by atoms with Crippen LogP contribution in [0.25, 0.3) is 0 Å². The normalized spacial score (nSPS) is 35.1. The Labute approximate surface area is 89.3 Å². The molecule has 1 fully saturated rings. The molecule has 0 radical (unpaired) electrons. The van der Waals surface area contributed by atoms with Gasteiger partial charge in [0.1, 0.15) is 0 Å². The van der Waals surface area contributed by atoms with E-state index in [1.54, 1.807) is 0 Å². The first-order chi connectivity index (χ1) is 6.80. The van der Waals surface area contributed by atoms with Crippen molar-refractivity contribution in [1.29, 1.82) is 0 Å². The lowest BCUT2D eigenvalue weighted by molar-refractivity contribution is 0.320. The molecule has 0 spiro atoms. The van der Waals surface area contributed by atoms with Gasteiger partial charge < -0.3 is 5.32 Å². The van der Waals surface area contributed by atoms with Gasteiger partial charge in [-0.15, -0.1) is 11.8 Å². The van der Waals surface area contributed by atoms with Crippen LogP contribution in [-0.2, 0) is 0 Å². The molecular formula is C12H15NS. The first kappa shape index (κ1) is 8.81. The van der Waals surface area contributed by atoms with E-state index in [4.69, 9.17) is 0 Å². The summed E-state index contributed by atoms with van der Waals surface area (Å²) in [4.78, 5) is 1.48. The number of rotatable bonds is 0. The van der Waals surface area contributed by atoms with E-state index in [1.165, 1.54) is 29.2 Å². The van der Waals surface area contributed by atoms with Crippen molar-refractivity contribution < 1.29 is 0 Å². The van der Waals surface area contributed by atoms with E-state index in [0.717, 1.165) is 0 Å². The summed E-state index contributed by atoms with van der Waals surface area (Å²) in [5, 5.41) is 3.64. The molecule has 0 aromatic heterocycles. The maximum absolute atomic E-state index is 3.64. The van der Waals surface area contributed by atoms with Crippen molar-refractivity contribution >= 4 is 11.8 Å². The Balaban J connectivity index is 2.10. The molecule has 2 aliphatic rings. The highest BCUT2D eigenvalue weighted by atomic mass is 32.2. The Morgan fingerprint density at radius 1 is 1.43 bits per heavy atom. The molecule has 2 heteroatoms. The molecule has 74 valence electrons. The van der Waals surface area contributed by atoms with E-state index >= 15 is 0 Å². The molecule has 0 bridgehead atoms. The summed E-state index contributed by atoms with van der Waals surface area (Å²) >= 11 is 2.02. The van der Waals surface area contributed by atoms with E-state index in [0.29, 0.717) is 11.5 Å². The number of hydrogen-bond donors (Lipinski definition) is 1. The largest absolute Gasteiger partial charge is 0.309 e. The van der Waals surface area contributed by atoms with Gasteiger partial charge in [0.15, 0.2) is 0 Å². The number of hydrogen-bond acceptors (Lipinski definition) is 2. The summed E-state index contributed by atoms with van der Waals surface area (Å²) in [6.07, 6.45) is 1.32. The lowest BCUT2D eigenvalue weighted by Crippen LogP contribution is -2.31. The third-order valence-electron chi connectivity index (χ3n) is 3.53. The van der Waals surface area contributed by atoms with E-state index in [9.17, 15) is 0 Å². The van der Waals surface area contributed by atoms with E-state index in [-0.39, 0.29) is 0 Å². The Bertz CT molecular complexity index is 363. The van der Waals surface area contributed by atoms with E-state index in [2.05, 4.69) is 36.5 Å². The van der Waals surface area contributed by atoms with Gasteiger partial charge in [-0.25, -0.2) is 0 Å². The summed E-state index contributed by atoms with van der Waals surface area (Å²) in [7, 11) is 0. The Kier molecular flexibility index (Phi) is 1.89. The fourth-order valence-electron chi connectivity index (χ4n) is 2.63. The third kappa shape index (κ3) is 1.14. The first-order valence-electron chi connectivity index (χ1n) is 5.25. The zero-order valence-corrected chi connectivity index (χ0v) is 9.23. The van der Waals surface area contributed by atoms with Crippen LogP contribution in [0, 0.1) is 5.41 Å². The molecule has 2 aliphatic heterocycles. The van der Waals surface area contributed by atoms with Crippen molar-refractivity contribution in [3.63, 3.8) is 0 Å². The zero-order chi connectivity index (χ0) is 9.60. The molecule has 1 saturated heterocycles. The van der Waals surface area contributed by atoms with Crippen molar-refractivity contribution in [2.24, 2.45) is 5.41 Å². The average Bonchev–Trinajstić information content (AvgIpc) is 2.60. The van der Waals surface area contributed by atoms with Gasteiger partial charge in [0.25, 0.3) is 0 Å². The molecule has 1 N–H and O–H groups in total. The standard InChI is InChI=1S/C12H15NS/c1-12-6-7-13-11(12)9-4-2-3-5-10(9)14-8-12/h2-5,11,13H,6-8H2,1H3. The second-order valence-electron chi connectivity index (χ2n) is 4.62. The second-order valence-corrected chi connectivity index (χ2v) is 5.63. The number of benzene rings is 1. The Morgan fingerprint density at radius 3 is 3.21 bits per heavy atom. The monoisotopic (exact) mass is 205 g/mol. The van der Waals surface area contributed by atoms with Gasteiger partial charge >= 0.3 is 0 Å². The van der Waals surface area contributed by atoms with Gasteiger partial charge in [-0.1, -0.05) is 25.1 Å². The number of nitrogens with one attached hydrogen (secondary N) is 1. The molecule has 2 atom stereocenters. The van der Waals surface area contributed by atoms with E-state index < -0.39 is 0 Å². The minimum atomic E-state index is 0.485. The van der Waals surface area contributed by atoms with Crippen molar-refractivity contribution in [3.8, 4) is 0 Å². The third-order valence-corrected chi connectivity index (χ3v) is 5.02. The quantitative estimate of drug-likeness (QED) is 0.699. The van der Waals surface area contributed by atoms with Gasteiger partial charge in [0.05, 0.1) is 0 Å². The highest BCUT2D eigenvalue weighted by Crippen LogP contribution is 2.50. The summed E-state index contributed by atoms with van der Waals surface area (Å²) in [6, 6.07) is 9.43. The molecule has 2 unspecified atom stereocenters. The van der Waals surface area contributed by atoms with Gasteiger partial charge in [-0.2, -0.15) is 0 Å². The van der Waals surface area contributed by atoms with Gasteiger partial charge in [0, 0.05) is 16.7 Å². The lowest BCUT2D eigenvalue weighted by Gasteiger charge is -2.36. The minimum Gasteiger partial charge on any atom is -0.309 e. The highest BCUT2D eigenvalue weighted by molar-refractivity contribution is 7.99. The molecule has 2 heterocycles. The van der Waals surface area contributed by atoms with Crippen LogP contribution < -0.4 is 5.32 Å². The number of thioether (sulfide) groups is 1. The molecule has 0 saturated carbocycles. The SMILES string of the molecule is CC12CCNC1c1ccccc1SC2. The van der Waals surface area contributed by atoms with Crippen LogP contribution in [0.3, 0.4) is 0 Å². The van der Waals surface area contributed by atoms with Crippen molar-refractivity contribution in [1.82, 2.24) is 5.32 Å². The van der Waals surface area contributed by atoms with E-state index in [1.807, 2.05) is 11.8 Å². The fourth-order valence-corrected chi connectivity index (χ4v) is 3.95. The molecule has 0 aliphatic carbocycles. The Morgan fingerprint density at radius 2 is 2.29 bits per heavy atom. The predicted octanol–water partition coefficient (Wildman–Crippen LogP) is 2.83. The van der Waals surface area contributed by atoms with Crippen LogP contribution in [0.4, 0.5) is 0 Å². The van der Waals surface area contributed by atoms with Crippen LogP contribution >= 0.6 is 11.8 Å². The molecule has 14 heavy (non-hydrogen) atoms. The highest BCUT2D eigenvalue weighted by Gasteiger charge is 2.43. The van der Waals surface area contributed by atoms with Crippen molar-refractivity contribution in [2.45, 2.75) is 24.3 Å². The van der Waals surface area contributed by atoms with Crippen LogP contribution in [0.1, 0.15) is 24.9 Å². The summed E-state index contributed by atoms with van der Waals surface area (Å²) in [5.74, 6) is 1.27. The maximum atomic E-state index is 3.64. The van der Waals surface area contributed by atoms with Crippen molar-refractivity contribution in [2.75, 3.05) is 12.3 Å². The second kappa shape index (κ2) is 3.01. The molecule has 1 nitrogen and oxygen atoms in total. The maximum Gasteiger partial charge on any atom is 0.0394 e. The predicted molar refractivity (Wildman–Crippen MR) is 60.6 cm³/mol. The zero-order valence-electron chi connectivity index (χ0n) is 8.42. The topological polar surface area (TPSA) is 12.0 Å². The fraction of sp³-hybridized carbons (Fsp3) is 0.500. The molecule has 3 rings (SSSR count). The van der Waals surface area contributed by atoms with Crippen LogP contribution in [0.15, 0.2) is 29.2 Å². The van der Waals surface area contributed by atoms with Crippen LogP contribution in [-0.4, -0.2) is 12.3 Å².